The fourth-order valence-corrected chi connectivity index (χ4v) is 2.27. The van der Waals surface area contributed by atoms with Crippen LogP contribution >= 0.6 is 0 Å². The van der Waals surface area contributed by atoms with Crippen molar-refractivity contribution in [2.75, 3.05) is 6.54 Å². The van der Waals surface area contributed by atoms with Crippen LogP contribution < -0.4 is 10.6 Å². The third-order valence-corrected chi connectivity index (χ3v) is 3.47. The first kappa shape index (κ1) is 14.8. The molecule has 0 spiro atoms. The van der Waals surface area contributed by atoms with Gasteiger partial charge in [-0.2, -0.15) is 13.2 Å². The Morgan fingerprint density at radius 1 is 1.35 bits per heavy atom. The Morgan fingerprint density at radius 3 is 2.50 bits per heavy atom. The van der Waals surface area contributed by atoms with Gasteiger partial charge in [-0.15, -0.1) is 0 Å². The molecule has 1 aromatic rings. The van der Waals surface area contributed by atoms with E-state index in [0.717, 1.165) is 31.5 Å². The zero-order valence-corrected chi connectivity index (χ0v) is 11.1. The molecule has 0 bridgehead atoms. The third-order valence-electron chi connectivity index (χ3n) is 3.47. The number of carbonyl (C=O) groups excluding carboxylic acids is 1. The third kappa shape index (κ3) is 3.50. The number of hydrogen-bond acceptors (Lipinski definition) is 2. The van der Waals surface area contributed by atoms with E-state index in [1.54, 1.807) is 6.92 Å². The van der Waals surface area contributed by atoms with Gasteiger partial charge in [0.2, 0.25) is 5.91 Å². The smallest absolute Gasteiger partial charge is 0.348 e. The summed E-state index contributed by atoms with van der Waals surface area (Å²) in [5.41, 5.74) is -0.0263. The predicted molar refractivity (Wildman–Crippen MR) is 69.0 cm³/mol. The maximum absolute atomic E-state index is 12.5. The van der Waals surface area contributed by atoms with Crippen molar-refractivity contribution in [3.63, 3.8) is 0 Å². The molecule has 1 saturated heterocycles. The largest absolute Gasteiger partial charge is 0.416 e. The van der Waals surface area contributed by atoms with Crippen LogP contribution in [-0.2, 0) is 11.0 Å². The maximum Gasteiger partial charge on any atom is 0.416 e. The molecule has 1 aromatic carbocycles. The first-order valence-electron chi connectivity index (χ1n) is 6.59. The van der Waals surface area contributed by atoms with Crippen LogP contribution in [0.15, 0.2) is 24.3 Å². The molecule has 3 nitrogen and oxygen atoms in total. The molecule has 20 heavy (non-hydrogen) atoms. The van der Waals surface area contributed by atoms with Crippen molar-refractivity contribution in [2.45, 2.75) is 38.0 Å². The van der Waals surface area contributed by atoms with E-state index in [4.69, 9.17) is 0 Å². The van der Waals surface area contributed by atoms with E-state index < -0.39 is 11.7 Å². The van der Waals surface area contributed by atoms with Gasteiger partial charge in [-0.05, 0) is 44.0 Å². The Balaban J connectivity index is 1.98. The molecule has 1 aliphatic heterocycles. The molecule has 6 heteroatoms. The van der Waals surface area contributed by atoms with Crippen molar-refractivity contribution < 1.29 is 18.0 Å². The van der Waals surface area contributed by atoms with Gasteiger partial charge in [0.1, 0.15) is 0 Å². The fraction of sp³-hybridized carbons (Fsp3) is 0.500. The van der Waals surface area contributed by atoms with Gasteiger partial charge >= 0.3 is 6.18 Å². The number of benzene rings is 1. The van der Waals surface area contributed by atoms with E-state index in [-0.39, 0.29) is 18.0 Å². The number of halogens is 3. The van der Waals surface area contributed by atoms with E-state index in [0.29, 0.717) is 5.56 Å². The summed E-state index contributed by atoms with van der Waals surface area (Å²) in [6.07, 6.45) is -2.57. The van der Waals surface area contributed by atoms with Crippen molar-refractivity contribution in [3.05, 3.63) is 35.4 Å². The number of carbonyl (C=O) groups is 1. The summed E-state index contributed by atoms with van der Waals surface area (Å²) in [6.45, 7) is 2.59. The highest BCUT2D eigenvalue weighted by molar-refractivity contribution is 5.82. The first-order chi connectivity index (χ1) is 9.38. The zero-order valence-electron chi connectivity index (χ0n) is 11.1. The average Bonchev–Trinajstić information content (AvgIpc) is 2.91. The number of rotatable bonds is 3. The quantitative estimate of drug-likeness (QED) is 0.897. The van der Waals surface area contributed by atoms with Crippen molar-refractivity contribution >= 4 is 5.91 Å². The van der Waals surface area contributed by atoms with Crippen LogP contribution in [0.5, 0.6) is 0 Å². The molecule has 1 aliphatic rings. The van der Waals surface area contributed by atoms with Crippen molar-refractivity contribution in [2.24, 2.45) is 0 Å². The summed E-state index contributed by atoms with van der Waals surface area (Å²) in [7, 11) is 0. The monoisotopic (exact) mass is 286 g/mol. The highest BCUT2D eigenvalue weighted by Crippen LogP contribution is 2.29. The van der Waals surface area contributed by atoms with Gasteiger partial charge in [-0.3, -0.25) is 4.79 Å². The van der Waals surface area contributed by atoms with Gasteiger partial charge in [0.15, 0.2) is 0 Å². The number of hydrogen-bond donors (Lipinski definition) is 2. The van der Waals surface area contributed by atoms with Crippen LogP contribution in [0.2, 0.25) is 0 Å². The number of nitrogens with one attached hydrogen (secondary N) is 2. The average molecular weight is 286 g/mol. The Bertz CT molecular complexity index is 464. The highest BCUT2D eigenvalue weighted by atomic mass is 19.4. The second-order valence-corrected chi connectivity index (χ2v) is 5.00. The molecule has 0 saturated carbocycles. The molecule has 0 radical (unpaired) electrons. The lowest BCUT2D eigenvalue weighted by atomic mass is 10.1. The molecular formula is C14H17F3N2O. The molecule has 1 heterocycles. The van der Waals surface area contributed by atoms with E-state index >= 15 is 0 Å². The minimum atomic E-state index is -4.33. The van der Waals surface area contributed by atoms with E-state index in [1.807, 2.05) is 0 Å². The van der Waals surface area contributed by atoms with Crippen LogP contribution in [0.3, 0.4) is 0 Å². The van der Waals surface area contributed by atoms with E-state index in [9.17, 15) is 18.0 Å². The summed E-state index contributed by atoms with van der Waals surface area (Å²) in [6, 6.07) is 4.36. The summed E-state index contributed by atoms with van der Waals surface area (Å²) in [4.78, 5) is 11.9. The van der Waals surface area contributed by atoms with Crippen molar-refractivity contribution in [1.29, 1.82) is 0 Å². The van der Waals surface area contributed by atoms with E-state index in [1.165, 1.54) is 12.1 Å². The summed E-state index contributed by atoms with van der Waals surface area (Å²) in [5.74, 6) is -0.102. The molecule has 110 valence electrons. The standard InChI is InChI=1S/C14H17F3N2O/c1-9(19-13(20)12-3-2-8-18-12)10-4-6-11(7-5-10)14(15,16)17/h4-7,9,12,18H,2-3,8H2,1H3,(H,19,20). The SMILES string of the molecule is CC(NC(=O)C1CCCN1)c1ccc(C(F)(F)F)cc1. The summed E-state index contributed by atoms with van der Waals surface area (Å²) in [5, 5.41) is 5.90. The summed E-state index contributed by atoms with van der Waals surface area (Å²) < 4.78 is 37.4. The van der Waals surface area contributed by atoms with Gasteiger partial charge in [-0.1, -0.05) is 12.1 Å². The topological polar surface area (TPSA) is 41.1 Å². The lowest BCUT2D eigenvalue weighted by molar-refractivity contribution is -0.137. The van der Waals surface area contributed by atoms with Crippen LogP contribution in [0.25, 0.3) is 0 Å². The fourth-order valence-electron chi connectivity index (χ4n) is 2.27. The number of amides is 1. The molecule has 2 rings (SSSR count). The Morgan fingerprint density at radius 2 is 2.00 bits per heavy atom. The van der Waals surface area contributed by atoms with Crippen LogP contribution in [0.4, 0.5) is 13.2 Å². The molecular weight excluding hydrogens is 269 g/mol. The Kier molecular flexibility index (Phi) is 4.32. The molecule has 1 amide bonds. The van der Waals surface area contributed by atoms with Crippen LogP contribution in [0.1, 0.15) is 36.9 Å². The normalized spacial score (nSPS) is 20.7. The second kappa shape index (κ2) is 5.83. The molecule has 2 N–H and O–H groups in total. The van der Waals surface area contributed by atoms with Crippen molar-refractivity contribution in [3.8, 4) is 0 Å². The van der Waals surface area contributed by atoms with Gasteiger partial charge in [0, 0.05) is 0 Å². The predicted octanol–water partition coefficient (Wildman–Crippen LogP) is 2.63. The maximum atomic E-state index is 12.5. The highest BCUT2D eigenvalue weighted by Gasteiger charge is 2.30. The van der Waals surface area contributed by atoms with Crippen LogP contribution in [-0.4, -0.2) is 18.5 Å². The van der Waals surface area contributed by atoms with Gasteiger partial charge < -0.3 is 10.6 Å². The molecule has 1 fully saturated rings. The second-order valence-electron chi connectivity index (χ2n) is 5.00. The lowest BCUT2D eigenvalue weighted by Crippen LogP contribution is -2.41. The minimum Gasteiger partial charge on any atom is -0.348 e. The van der Waals surface area contributed by atoms with Gasteiger partial charge in [-0.25, -0.2) is 0 Å². The molecule has 2 unspecified atom stereocenters. The Labute approximate surface area is 115 Å². The Hall–Kier alpha value is -1.56. The van der Waals surface area contributed by atoms with Gasteiger partial charge in [0.05, 0.1) is 17.6 Å². The molecule has 0 aromatic heterocycles. The molecule has 2 atom stereocenters. The van der Waals surface area contributed by atoms with E-state index in [2.05, 4.69) is 10.6 Å². The minimum absolute atomic E-state index is 0.102. The zero-order chi connectivity index (χ0) is 14.8. The first-order valence-corrected chi connectivity index (χ1v) is 6.59. The lowest BCUT2D eigenvalue weighted by Gasteiger charge is -2.18. The number of alkyl halides is 3. The van der Waals surface area contributed by atoms with Crippen molar-refractivity contribution in [1.82, 2.24) is 10.6 Å². The van der Waals surface area contributed by atoms with Gasteiger partial charge in [0.25, 0.3) is 0 Å². The van der Waals surface area contributed by atoms with Crippen LogP contribution in [0, 0.1) is 0 Å². The summed E-state index contributed by atoms with van der Waals surface area (Å²) >= 11 is 0. The molecule has 0 aliphatic carbocycles.